The second-order valence-corrected chi connectivity index (χ2v) is 3.40. The zero-order chi connectivity index (χ0) is 11.5. The first-order valence-corrected chi connectivity index (χ1v) is 4.81. The Morgan fingerprint density at radius 2 is 2.25 bits per heavy atom. The molecule has 0 radical (unpaired) electrons. The Bertz CT molecular complexity index is 617. The van der Waals surface area contributed by atoms with Crippen molar-refractivity contribution in [2.75, 3.05) is 6.61 Å². The minimum atomic E-state index is -0.376. The van der Waals surface area contributed by atoms with Crippen molar-refractivity contribution >= 4 is 11.0 Å². The van der Waals surface area contributed by atoms with Gasteiger partial charge < -0.3 is 9.15 Å². The number of hydrogen-bond donors (Lipinski definition) is 0. The Labute approximate surface area is 92.7 Å². The summed E-state index contributed by atoms with van der Waals surface area (Å²) in [6.45, 7) is 2.11. The van der Waals surface area contributed by atoms with Crippen LogP contribution in [0.15, 0.2) is 33.5 Å². The van der Waals surface area contributed by atoms with Crippen LogP contribution in [0.25, 0.3) is 11.0 Å². The number of rotatable bonds is 2. The predicted molar refractivity (Wildman–Crippen MR) is 61.5 cm³/mol. The van der Waals surface area contributed by atoms with Crippen molar-refractivity contribution in [1.82, 2.24) is 0 Å². The van der Waals surface area contributed by atoms with E-state index in [2.05, 4.69) is 5.92 Å². The molecule has 0 saturated heterocycles. The van der Waals surface area contributed by atoms with Crippen LogP contribution in [-0.2, 0) is 0 Å². The molecular weight excluding hydrogens is 204 g/mol. The van der Waals surface area contributed by atoms with E-state index < -0.39 is 0 Å². The predicted octanol–water partition coefficient (Wildman–Crippen LogP) is 2.11. The van der Waals surface area contributed by atoms with Gasteiger partial charge in [-0.2, -0.15) is 0 Å². The lowest BCUT2D eigenvalue weighted by molar-refractivity contribution is 0.367. The van der Waals surface area contributed by atoms with Crippen LogP contribution in [0.2, 0.25) is 0 Å². The maximum atomic E-state index is 11.1. The Kier molecular flexibility index (Phi) is 2.65. The number of ether oxygens (including phenoxy) is 1. The number of terminal acetylenes is 1. The van der Waals surface area contributed by atoms with Crippen LogP contribution in [-0.4, -0.2) is 6.61 Å². The fraction of sp³-hybridized carbons (Fsp3) is 0.154. The molecule has 0 saturated carbocycles. The molecule has 0 amide bonds. The second-order valence-electron chi connectivity index (χ2n) is 3.40. The van der Waals surface area contributed by atoms with E-state index in [9.17, 15) is 4.79 Å². The Morgan fingerprint density at radius 3 is 3.00 bits per heavy atom. The summed E-state index contributed by atoms with van der Waals surface area (Å²) in [6, 6.07) is 6.69. The third kappa shape index (κ3) is 1.91. The van der Waals surface area contributed by atoms with Gasteiger partial charge in [0.15, 0.2) is 0 Å². The standard InChI is InChI=1S/C13H10O3/c1-3-6-15-11-8-12-10(7-9(11)2)4-5-13(14)16-12/h1,4-5,7-8H,6H2,2H3. The molecule has 0 N–H and O–H groups in total. The lowest BCUT2D eigenvalue weighted by Crippen LogP contribution is -1.98. The molecule has 0 aliphatic carbocycles. The monoisotopic (exact) mass is 214 g/mol. The molecule has 0 atom stereocenters. The summed E-state index contributed by atoms with van der Waals surface area (Å²) in [6.07, 6.45) is 5.11. The van der Waals surface area contributed by atoms with Crippen molar-refractivity contribution in [3.05, 3.63) is 40.2 Å². The molecule has 1 heterocycles. The smallest absolute Gasteiger partial charge is 0.336 e. The van der Waals surface area contributed by atoms with E-state index in [0.717, 1.165) is 10.9 Å². The van der Waals surface area contributed by atoms with E-state index >= 15 is 0 Å². The van der Waals surface area contributed by atoms with Crippen LogP contribution in [0.3, 0.4) is 0 Å². The molecule has 0 spiro atoms. The first-order valence-electron chi connectivity index (χ1n) is 4.81. The summed E-state index contributed by atoms with van der Waals surface area (Å²) >= 11 is 0. The Balaban J connectivity index is 2.56. The van der Waals surface area contributed by atoms with Crippen LogP contribution in [0.4, 0.5) is 0 Å². The van der Waals surface area contributed by atoms with Gasteiger partial charge in [-0.25, -0.2) is 4.79 Å². The van der Waals surface area contributed by atoms with E-state index in [1.807, 2.05) is 13.0 Å². The molecule has 1 aromatic heterocycles. The molecule has 0 bridgehead atoms. The summed E-state index contributed by atoms with van der Waals surface area (Å²) in [7, 11) is 0. The fourth-order valence-corrected chi connectivity index (χ4v) is 1.49. The average molecular weight is 214 g/mol. The summed E-state index contributed by atoms with van der Waals surface area (Å²) in [5.74, 6) is 3.03. The Hall–Kier alpha value is -2.21. The quantitative estimate of drug-likeness (QED) is 0.567. The molecule has 0 fully saturated rings. The van der Waals surface area contributed by atoms with E-state index in [-0.39, 0.29) is 12.2 Å². The van der Waals surface area contributed by atoms with Crippen molar-refractivity contribution in [2.45, 2.75) is 6.92 Å². The molecule has 2 rings (SSSR count). The van der Waals surface area contributed by atoms with Crippen molar-refractivity contribution in [3.8, 4) is 18.1 Å². The van der Waals surface area contributed by atoms with Gasteiger partial charge in [-0.3, -0.25) is 0 Å². The highest BCUT2D eigenvalue weighted by atomic mass is 16.5. The third-order valence-electron chi connectivity index (χ3n) is 2.23. The van der Waals surface area contributed by atoms with Gasteiger partial charge in [-0.15, -0.1) is 6.42 Å². The van der Waals surface area contributed by atoms with Gasteiger partial charge in [-0.05, 0) is 24.6 Å². The first kappa shape index (κ1) is 10.3. The summed E-state index contributed by atoms with van der Waals surface area (Å²) in [5, 5.41) is 0.866. The van der Waals surface area contributed by atoms with Crippen molar-refractivity contribution in [3.63, 3.8) is 0 Å². The van der Waals surface area contributed by atoms with E-state index in [0.29, 0.717) is 11.3 Å². The number of hydrogen-bond acceptors (Lipinski definition) is 3. The molecule has 3 nitrogen and oxygen atoms in total. The molecule has 0 unspecified atom stereocenters. The zero-order valence-corrected chi connectivity index (χ0v) is 8.82. The normalized spacial score (nSPS) is 10.0. The number of fused-ring (bicyclic) bond motifs is 1. The van der Waals surface area contributed by atoms with Gasteiger partial charge in [0.05, 0.1) is 0 Å². The lowest BCUT2D eigenvalue weighted by Gasteiger charge is -2.07. The summed E-state index contributed by atoms with van der Waals surface area (Å²) in [5.41, 5.74) is 1.08. The summed E-state index contributed by atoms with van der Waals surface area (Å²) < 4.78 is 10.4. The van der Waals surface area contributed by atoms with Gasteiger partial charge in [0.1, 0.15) is 17.9 Å². The van der Waals surface area contributed by atoms with Crippen LogP contribution < -0.4 is 10.4 Å². The van der Waals surface area contributed by atoms with Crippen LogP contribution in [0.5, 0.6) is 5.75 Å². The minimum absolute atomic E-state index is 0.198. The zero-order valence-electron chi connectivity index (χ0n) is 8.82. The molecule has 3 heteroatoms. The number of benzene rings is 1. The highest BCUT2D eigenvalue weighted by Gasteiger charge is 2.04. The maximum absolute atomic E-state index is 11.1. The Morgan fingerprint density at radius 1 is 1.44 bits per heavy atom. The molecule has 16 heavy (non-hydrogen) atoms. The molecule has 80 valence electrons. The largest absolute Gasteiger partial charge is 0.481 e. The topological polar surface area (TPSA) is 39.4 Å². The van der Waals surface area contributed by atoms with E-state index in [4.69, 9.17) is 15.6 Å². The van der Waals surface area contributed by atoms with Crippen LogP contribution in [0, 0.1) is 19.3 Å². The van der Waals surface area contributed by atoms with Crippen LogP contribution in [0.1, 0.15) is 5.56 Å². The van der Waals surface area contributed by atoms with Crippen molar-refractivity contribution in [2.24, 2.45) is 0 Å². The van der Waals surface area contributed by atoms with Gasteiger partial charge in [0.2, 0.25) is 0 Å². The molecular formula is C13H10O3. The summed E-state index contributed by atoms with van der Waals surface area (Å²) in [4.78, 5) is 11.1. The second kappa shape index (κ2) is 4.11. The highest BCUT2D eigenvalue weighted by Crippen LogP contribution is 2.24. The van der Waals surface area contributed by atoms with E-state index in [1.54, 1.807) is 12.1 Å². The molecule has 2 aromatic rings. The van der Waals surface area contributed by atoms with Gasteiger partial charge in [0, 0.05) is 17.5 Å². The van der Waals surface area contributed by atoms with Crippen LogP contribution >= 0.6 is 0 Å². The van der Waals surface area contributed by atoms with Gasteiger partial charge >= 0.3 is 5.63 Å². The first-order chi connectivity index (χ1) is 7.70. The minimum Gasteiger partial charge on any atom is -0.481 e. The van der Waals surface area contributed by atoms with Gasteiger partial charge in [0.25, 0.3) is 0 Å². The molecule has 0 aliphatic rings. The fourth-order valence-electron chi connectivity index (χ4n) is 1.49. The third-order valence-corrected chi connectivity index (χ3v) is 2.23. The maximum Gasteiger partial charge on any atom is 0.336 e. The molecule has 0 aliphatic heterocycles. The highest BCUT2D eigenvalue weighted by molar-refractivity contribution is 5.79. The SMILES string of the molecule is C#CCOc1cc2oc(=O)ccc2cc1C. The van der Waals surface area contributed by atoms with E-state index in [1.165, 1.54) is 6.07 Å². The number of aryl methyl sites for hydroxylation is 1. The van der Waals surface area contributed by atoms with Crippen molar-refractivity contribution < 1.29 is 9.15 Å². The lowest BCUT2D eigenvalue weighted by atomic mass is 10.1. The molecule has 1 aromatic carbocycles. The van der Waals surface area contributed by atoms with Gasteiger partial charge in [-0.1, -0.05) is 5.92 Å². The average Bonchev–Trinajstić information content (AvgIpc) is 2.27. The van der Waals surface area contributed by atoms with Crippen molar-refractivity contribution in [1.29, 1.82) is 0 Å².